The molecule has 0 bridgehead atoms. The number of sulfone groups is 1. The SMILES string of the molecule is CCS(=O)(=O)CCCC(O)c1ccc(C)cc1C. The Hall–Kier alpha value is -0.870. The zero-order chi connectivity index (χ0) is 13.8. The maximum absolute atomic E-state index is 11.3. The van der Waals surface area contributed by atoms with Crippen LogP contribution in [0.1, 0.15) is 42.6 Å². The molecule has 0 radical (unpaired) electrons. The maximum atomic E-state index is 11.3. The third-order valence-electron chi connectivity index (χ3n) is 3.16. The molecular weight excluding hydrogens is 248 g/mol. The quantitative estimate of drug-likeness (QED) is 0.864. The van der Waals surface area contributed by atoms with Crippen LogP contribution in [0.2, 0.25) is 0 Å². The molecule has 1 aromatic rings. The summed E-state index contributed by atoms with van der Waals surface area (Å²) >= 11 is 0. The van der Waals surface area contributed by atoms with E-state index in [-0.39, 0.29) is 11.5 Å². The third kappa shape index (κ3) is 4.42. The van der Waals surface area contributed by atoms with Gasteiger partial charge in [0.2, 0.25) is 0 Å². The molecule has 102 valence electrons. The van der Waals surface area contributed by atoms with Gasteiger partial charge < -0.3 is 5.11 Å². The van der Waals surface area contributed by atoms with E-state index in [9.17, 15) is 13.5 Å². The van der Waals surface area contributed by atoms with Gasteiger partial charge in [-0.1, -0.05) is 30.7 Å². The van der Waals surface area contributed by atoms with Gasteiger partial charge in [-0.2, -0.15) is 0 Å². The maximum Gasteiger partial charge on any atom is 0.150 e. The van der Waals surface area contributed by atoms with Crippen LogP contribution < -0.4 is 0 Å². The first-order valence-corrected chi connectivity index (χ1v) is 8.13. The van der Waals surface area contributed by atoms with E-state index in [1.165, 1.54) is 0 Å². The van der Waals surface area contributed by atoms with E-state index >= 15 is 0 Å². The van der Waals surface area contributed by atoms with Gasteiger partial charge in [-0.3, -0.25) is 0 Å². The van der Waals surface area contributed by atoms with Crippen LogP contribution in [0.5, 0.6) is 0 Å². The van der Waals surface area contributed by atoms with Crippen LogP contribution >= 0.6 is 0 Å². The molecule has 0 spiro atoms. The van der Waals surface area contributed by atoms with Crippen molar-refractivity contribution < 1.29 is 13.5 Å². The molecule has 3 nitrogen and oxygen atoms in total. The molecule has 1 rings (SSSR count). The van der Waals surface area contributed by atoms with Crippen molar-refractivity contribution in [1.29, 1.82) is 0 Å². The molecule has 1 N–H and O–H groups in total. The van der Waals surface area contributed by atoms with Crippen molar-refractivity contribution >= 4 is 9.84 Å². The van der Waals surface area contributed by atoms with Crippen molar-refractivity contribution in [1.82, 2.24) is 0 Å². The van der Waals surface area contributed by atoms with E-state index in [2.05, 4.69) is 0 Å². The molecule has 1 atom stereocenters. The highest BCUT2D eigenvalue weighted by molar-refractivity contribution is 7.91. The Balaban J connectivity index is 2.58. The number of aliphatic hydroxyl groups is 1. The lowest BCUT2D eigenvalue weighted by atomic mass is 9.98. The fourth-order valence-corrected chi connectivity index (χ4v) is 2.89. The van der Waals surface area contributed by atoms with Crippen LogP contribution in [0.25, 0.3) is 0 Å². The van der Waals surface area contributed by atoms with Gasteiger partial charge in [0.15, 0.2) is 0 Å². The Kier molecular flexibility index (Phi) is 5.35. The molecule has 0 aromatic heterocycles. The van der Waals surface area contributed by atoms with E-state index in [0.29, 0.717) is 12.8 Å². The van der Waals surface area contributed by atoms with Crippen LogP contribution in [0.4, 0.5) is 0 Å². The number of rotatable bonds is 6. The highest BCUT2D eigenvalue weighted by Crippen LogP contribution is 2.23. The Morgan fingerprint density at radius 1 is 1.28 bits per heavy atom. The first-order valence-electron chi connectivity index (χ1n) is 6.31. The van der Waals surface area contributed by atoms with Crippen LogP contribution in [-0.4, -0.2) is 25.0 Å². The predicted octanol–water partition coefficient (Wildman–Crippen LogP) is 2.55. The number of hydrogen-bond donors (Lipinski definition) is 1. The summed E-state index contributed by atoms with van der Waals surface area (Å²) in [4.78, 5) is 0. The lowest BCUT2D eigenvalue weighted by molar-refractivity contribution is 0.166. The van der Waals surface area contributed by atoms with Gasteiger partial charge in [0, 0.05) is 5.75 Å². The molecule has 1 aromatic carbocycles. The molecule has 0 aliphatic carbocycles. The van der Waals surface area contributed by atoms with Gasteiger partial charge >= 0.3 is 0 Å². The van der Waals surface area contributed by atoms with Crippen molar-refractivity contribution in [3.05, 3.63) is 34.9 Å². The monoisotopic (exact) mass is 270 g/mol. The number of hydrogen-bond acceptors (Lipinski definition) is 3. The molecule has 1 unspecified atom stereocenters. The lowest BCUT2D eigenvalue weighted by Gasteiger charge is -2.14. The predicted molar refractivity (Wildman–Crippen MR) is 74.4 cm³/mol. The number of aliphatic hydroxyl groups excluding tert-OH is 1. The van der Waals surface area contributed by atoms with Gasteiger partial charge in [0.25, 0.3) is 0 Å². The Morgan fingerprint density at radius 3 is 2.50 bits per heavy atom. The summed E-state index contributed by atoms with van der Waals surface area (Å²) in [6.45, 7) is 5.63. The molecule has 0 saturated carbocycles. The van der Waals surface area contributed by atoms with Crippen molar-refractivity contribution in [3.8, 4) is 0 Å². The van der Waals surface area contributed by atoms with E-state index in [1.54, 1.807) is 6.92 Å². The van der Waals surface area contributed by atoms with Crippen LogP contribution in [0.3, 0.4) is 0 Å². The molecule has 0 saturated heterocycles. The van der Waals surface area contributed by atoms with Crippen molar-refractivity contribution in [2.45, 2.75) is 39.7 Å². The van der Waals surface area contributed by atoms with E-state index < -0.39 is 15.9 Å². The molecular formula is C14H22O3S. The molecule has 0 fully saturated rings. The van der Waals surface area contributed by atoms with Gasteiger partial charge in [0.1, 0.15) is 9.84 Å². The minimum atomic E-state index is -2.93. The van der Waals surface area contributed by atoms with Crippen LogP contribution in [0.15, 0.2) is 18.2 Å². The fourth-order valence-electron chi connectivity index (χ4n) is 2.00. The average molecular weight is 270 g/mol. The first-order chi connectivity index (χ1) is 8.35. The summed E-state index contributed by atoms with van der Waals surface area (Å²) < 4.78 is 22.7. The van der Waals surface area contributed by atoms with Crippen LogP contribution in [0, 0.1) is 13.8 Å². The molecule has 0 aliphatic rings. The third-order valence-corrected chi connectivity index (χ3v) is 4.95. The zero-order valence-corrected chi connectivity index (χ0v) is 12.1. The normalized spacial score (nSPS) is 13.6. The van der Waals surface area contributed by atoms with Crippen molar-refractivity contribution in [3.63, 3.8) is 0 Å². The molecule has 0 amide bonds. The summed E-state index contributed by atoms with van der Waals surface area (Å²) in [6, 6.07) is 5.92. The Bertz CT molecular complexity index is 492. The lowest BCUT2D eigenvalue weighted by Crippen LogP contribution is -2.10. The average Bonchev–Trinajstić information content (AvgIpc) is 2.28. The summed E-state index contributed by atoms with van der Waals surface area (Å²) in [5.74, 6) is 0.331. The first kappa shape index (κ1) is 15.2. The van der Waals surface area contributed by atoms with E-state index in [1.807, 2.05) is 32.0 Å². The zero-order valence-electron chi connectivity index (χ0n) is 11.3. The minimum Gasteiger partial charge on any atom is -0.388 e. The van der Waals surface area contributed by atoms with Crippen LogP contribution in [-0.2, 0) is 9.84 Å². The summed E-state index contributed by atoms with van der Waals surface area (Å²) in [5, 5.41) is 10.1. The number of benzene rings is 1. The van der Waals surface area contributed by atoms with Crippen molar-refractivity contribution in [2.75, 3.05) is 11.5 Å². The fraction of sp³-hybridized carbons (Fsp3) is 0.571. The smallest absolute Gasteiger partial charge is 0.150 e. The highest BCUT2D eigenvalue weighted by atomic mass is 32.2. The molecule has 0 aliphatic heterocycles. The molecule has 18 heavy (non-hydrogen) atoms. The second kappa shape index (κ2) is 6.34. The largest absolute Gasteiger partial charge is 0.388 e. The van der Waals surface area contributed by atoms with Gasteiger partial charge in [-0.25, -0.2) is 8.42 Å². The molecule has 0 heterocycles. The van der Waals surface area contributed by atoms with Crippen molar-refractivity contribution in [2.24, 2.45) is 0 Å². The van der Waals surface area contributed by atoms with Gasteiger partial charge in [-0.15, -0.1) is 0 Å². The van der Waals surface area contributed by atoms with Gasteiger partial charge in [0.05, 0.1) is 11.9 Å². The summed E-state index contributed by atoms with van der Waals surface area (Å²) in [7, 11) is -2.93. The Labute approximate surface area is 110 Å². The topological polar surface area (TPSA) is 54.4 Å². The van der Waals surface area contributed by atoms with E-state index in [0.717, 1.165) is 16.7 Å². The number of aryl methyl sites for hydroxylation is 2. The van der Waals surface area contributed by atoms with Gasteiger partial charge in [-0.05, 0) is 37.8 Å². The molecule has 4 heteroatoms. The Morgan fingerprint density at radius 2 is 1.94 bits per heavy atom. The van der Waals surface area contributed by atoms with E-state index in [4.69, 9.17) is 0 Å². The second-order valence-electron chi connectivity index (χ2n) is 4.75. The summed E-state index contributed by atoms with van der Waals surface area (Å²) in [5.41, 5.74) is 3.12. The standard InChI is InChI=1S/C14H22O3S/c1-4-18(16,17)9-5-6-14(15)13-8-7-11(2)10-12(13)3/h7-8,10,14-15H,4-6,9H2,1-3H3. The highest BCUT2D eigenvalue weighted by Gasteiger charge is 2.13. The minimum absolute atomic E-state index is 0.158. The second-order valence-corrected chi connectivity index (χ2v) is 7.23. The summed E-state index contributed by atoms with van der Waals surface area (Å²) in [6.07, 6.45) is 0.422.